The summed E-state index contributed by atoms with van der Waals surface area (Å²) < 4.78 is 15.9. The van der Waals surface area contributed by atoms with Gasteiger partial charge in [-0.2, -0.15) is 0 Å². The second kappa shape index (κ2) is 15.7. The van der Waals surface area contributed by atoms with Gasteiger partial charge in [-0.25, -0.2) is 9.59 Å². The summed E-state index contributed by atoms with van der Waals surface area (Å²) in [4.78, 5) is 49.4. The minimum Gasteiger partial charge on any atom is -0.490 e. The molecule has 0 fully saturated rings. The number of nitro groups is 2. The summed E-state index contributed by atoms with van der Waals surface area (Å²) in [6, 6.07) is 0.887. The molecular weight excluding hydrogens is 534 g/mol. The maximum absolute atomic E-state index is 13.3. The third-order valence-corrected chi connectivity index (χ3v) is 7.21. The lowest BCUT2D eigenvalue weighted by molar-refractivity contribution is -0.395. The quantitative estimate of drug-likeness (QED) is 0.104. The third-order valence-electron chi connectivity index (χ3n) is 7.21. The Morgan fingerprint density at radius 1 is 0.854 bits per heavy atom. The van der Waals surface area contributed by atoms with Crippen molar-refractivity contribution >= 4 is 23.3 Å². The molecule has 0 radical (unpaired) electrons. The lowest BCUT2D eigenvalue weighted by Gasteiger charge is -2.32. The minimum atomic E-state index is -1.28. The predicted molar refractivity (Wildman–Crippen MR) is 153 cm³/mol. The largest absolute Gasteiger partial charge is 0.490 e. The number of methoxy groups -OCH3 is 2. The van der Waals surface area contributed by atoms with Gasteiger partial charge in [-0.15, -0.1) is 0 Å². The molecule has 0 spiro atoms. The van der Waals surface area contributed by atoms with Crippen molar-refractivity contribution in [2.24, 2.45) is 0 Å². The molecule has 12 nitrogen and oxygen atoms in total. The number of dihydropyridines is 1. The van der Waals surface area contributed by atoms with Crippen molar-refractivity contribution in [3.63, 3.8) is 0 Å². The summed E-state index contributed by atoms with van der Waals surface area (Å²) >= 11 is 0. The molecule has 1 aliphatic heterocycles. The van der Waals surface area contributed by atoms with Crippen LogP contribution in [-0.4, -0.2) is 42.6 Å². The molecule has 41 heavy (non-hydrogen) atoms. The third kappa shape index (κ3) is 7.83. The minimum absolute atomic E-state index is 0.0110. The van der Waals surface area contributed by atoms with Crippen LogP contribution in [-0.2, 0) is 25.5 Å². The number of hydrogen-bond acceptors (Lipinski definition) is 10. The number of unbranched alkanes of at least 4 members (excludes halogenated alkanes) is 7. The first kappa shape index (κ1) is 33.2. The number of esters is 2. The van der Waals surface area contributed by atoms with Gasteiger partial charge in [0.1, 0.15) is 0 Å². The number of allylic oxidation sites excluding steroid dienone is 2. The highest BCUT2D eigenvalue weighted by Gasteiger charge is 2.44. The van der Waals surface area contributed by atoms with Gasteiger partial charge in [0.25, 0.3) is 5.69 Å². The highest BCUT2D eigenvalue weighted by Crippen LogP contribution is 2.50. The Labute approximate surface area is 240 Å². The molecule has 0 amide bonds. The van der Waals surface area contributed by atoms with Crippen LogP contribution in [0.2, 0.25) is 0 Å². The van der Waals surface area contributed by atoms with Gasteiger partial charge in [0.15, 0.2) is 0 Å². The van der Waals surface area contributed by atoms with E-state index < -0.39 is 39.1 Å². The zero-order valence-corrected chi connectivity index (χ0v) is 24.8. The average Bonchev–Trinajstić information content (AvgIpc) is 2.92. The second-order valence-corrected chi connectivity index (χ2v) is 9.93. The molecule has 1 aromatic rings. The fourth-order valence-electron chi connectivity index (χ4n) is 5.35. The van der Waals surface area contributed by atoms with Gasteiger partial charge in [0.2, 0.25) is 5.75 Å². The highest BCUT2D eigenvalue weighted by molar-refractivity contribution is 6.00. The Kier molecular flexibility index (Phi) is 12.8. The molecule has 0 bridgehead atoms. The molecule has 1 N–H and O–H groups in total. The number of rotatable bonds is 16. The van der Waals surface area contributed by atoms with E-state index in [1.807, 2.05) is 0 Å². The molecule has 0 saturated carbocycles. The SMILES string of the molecule is CCCCCCCCCCc1c([N+](=O)[O-])cc([N+](=O)[O-])c(OC)c1C1C(C(=O)OC)=C(C)NC(C)=C1C(=O)OCC. The number of nitro benzene ring substituents is 2. The van der Waals surface area contributed by atoms with Gasteiger partial charge >= 0.3 is 17.6 Å². The van der Waals surface area contributed by atoms with Crippen LogP contribution in [0.4, 0.5) is 11.4 Å². The number of carbonyl (C=O) groups is 2. The molecule has 226 valence electrons. The van der Waals surface area contributed by atoms with E-state index in [9.17, 15) is 29.8 Å². The zero-order chi connectivity index (χ0) is 30.7. The van der Waals surface area contributed by atoms with Gasteiger partial charge in [-0.3, -0.25) is 20.2 Å². The van der Waals surface area contributed by atoms with Gasteiger partial charge < -0.3 is 19.5 Å². The standard InChI is InChI=1S/C29H41N3O9/c1-7-9-10-11-12-13-14-15-16-20-21(31(35)36)17-22(32(37)38)27(39-5)25(20)26-23(28(33)40-6)18(3)30-19(4)24(26)29(34)41-8-2/h17,26,30H,7-16H2,1-6H3. The van der Waals surface area contributed by atoms with Crippen molar-refractivity contribution in [2.45, 2.75) is 91.4 Å². The average molecular weight is 576 g/mol. The zero-order valence-electron chi connectivity index (χ0n) is 24.8. The molecule has 2 rings (SSSR count). The van der Waals surface area contributed by atoms with Crippen LogP contribution in [0.25, 0.3) is 0 Å². The number of nitrogens with one attached hydrogen (secondary N) is 1. The first-order valence-corrected chi connectivity index (χ1v) is 14.0. The van der Waals surface area contributed by atoms with E-state index in [-0.39, 0.29) is 41.1 Å². The number of carbonyl (C=O) groups excluding carboxylic acids is 2. The van der Waals surface area contributed by atoms with Crippen LogP contribution in [0.15, 0.2) is 28.6 Å². The maximum atomic E-state index is 13.3. The van der Waals surface area contributed by atoms with E-state index in [2.05, 4.69) is 12.2 Å². The van der Waals surface area contributed by atoms with Crippen molar-refractivity contribution in [3.8, 4) is 5.75 Å². The molecule has 1 atom stereocenters. The topological polar surface area (TPSA) is 160 Å². The van der Waals surface area contributed by atoms with Crippen molar-refractivity contribution in [1.29, 1.82) is 0 Å². The summed E-state index contributed by atoms with van der Waals surface area (Å²) in [5, 5.41) is 27.4. The fraction of sp³-hybridized carbons (Fsp3) is 0.586. The van der Waals surface area contributed by atoms with E-state index >= 15 is 0 Å². The number of nitrogens with zero attached hydrogens (tertiary/aromatic N) is 2. The molecule has 1 unspecified atom stereocenters. The monoisotopic (exact) mass is 575 g/mol. The summed E-state index contributed by atoms with van der Waals surface area (Å²) in [6.45, 7) is 7.00. The molecule has 0 aliphatic carbocycles. The normalized spacial score (nSPS) is 14.9. The van der Waals surface area contributed by atoms with Gasteiger partial charge in [0.05, 0.1) is 53.8 Å². The molecule has 0 aromatic heterocycles. The van der Waals surface area contributed by atoms with E-state index in [1.54, 1.807) is 20.8 Å². The van der Waals surface area contributed by atoms with Crippen molar-refractivity contribution < 1.29 is 33.6 Å². The first-order valence-electron chi connectivity index (χ1n) is 14.0. The number of ether oxygens (including phenoxy) is 3. The smallest absolute Gasteiger partial charge is 0.336 e. The van der Waals surface area contributed by atoms with Crippen molar-refractivity contribution in [1.82, 2.24) is 5.32 Å². The molecule has 1 aliphatic rings. The Morgan fingerprint density at radius 2 is 1.39 bits per heavy atom. The van der Waals surface area contributed by atoms with E-state index in [0.717, 1.165) is 44.6 Å². The molecule has 1 aromatic carbocycles. The first-order chi connectivity index (χ1) is 19.5. The summed E-state index contributed by atoms with van der Waals surface area (Å²) in [5.74, 6) is -3.11. The molecule has 1 heterocycles. The molecule has 0 saturated heterocycles. The lowest BCUT2D eigenvalue weighted by atomic mass is 9.76. The van der Waals surface area contributed by atoms with Crippen LogP contribution in [0.5, 0.6) is 5.75 Å². The summed E-state index contributed by atoms with van der Waals surface area (Å²) in [7, 11) is 2.39. The second-order valence-electron chi connectivity index (χ2n) is 9.93. The Morgan fingerprint density at radius 3 is 1.88 bits per heavy atom. The van der Waals surface area contributed by atoms with Crippen LogP contribution in [0.1, 0.15) is 96.1 Å². The fourth-order valence-corrected chi connectivity index (χ4v) is 5.35. The van der Waals surface area contributed by atoms with Crippen LogP contribution in [0, 0.1) is 20.2 Å². The summed E-state index contributed by atoms with van der Waals surface area (Å²) in [6.07, 6.45) is 8.09. The highest BCUT2D eigenvalue weighted by atomic mass is 16.6. The van der Waals surface area contributed by atoms with Crippen LogP contribution >= 0.6 is 0 Å². The molecular formula is C29H41N3O9. The molecule has 12 heteroatoms. The lowest BCUT2D eigenvalue weighted by Crippen LogP contribution is -2.33. The Balaban J connectivity index is 2.82. The Bertz CT molecular complexity index is 1220. The van der Waals surface area contributed by atoms with Crippen LogP contribution in [0.3, 0.4) is 0 Å². The number of benzene rings is 1. The Hall–Kier alpha value is -3.96. The van der Waals surface area contributed by atoms with Crippen molar-refractivity contribution in [3.05, 3.63) is 60.0 Å². The van der Waals surface area contributed by atoms with E-state index in [1.165, 1.54) is 20.6 Å². The maximum Gasteiger partial charge on any atom is 0.336 e. The van der Waals surface area contributed by atoms with Gasteiger partial charge in [-0.05, 0) is 33.6 Å². The number of hydrogen-bond donors (Lipinski definition) is 1. The van der Waals surface area contributed by atoms with E-state index in [0.29, 0.717) is 17.8 Å². The van der Waals surface area contributed by atoms with Gasteiger partial charge in [0, 0.05) is 22.5 Å². The van der Waals surface area contributed by atoms with Crippen LogP contribution < -0.4 is 10.1 Å². The predicted octanol–water partition coefficient (Wildman–Crippen LogP) is 6.17. The summed E-state index contributed by atoms with van der Waals surface area (Å²) in [5.41, 5.74) is -0.296. The van der Waals surface area contributed by atoms with Crippen molar-refractivity contribution in [2.75, 3.05) is 20.8 Å². The van der Waals surface area contributed by atoms with Gasteiger partial charge in [-0.1, -0.05) is 51.9 Å². The van der Waals surface area contributed by atoms with E-state index in [4.69, 9.17) is 14.2 Å².